The van der Waals surface area contributed by atoms with E-state index in [1.165, 1.54) is 0 Å². The molecule has 4 heteroatoms. The number of nitrogens with two attached hydrogens (primary N) is 1. The third-order valence-corrected chi connectivity index (χ3v) is 2.50. The van der Waals surface area contributed by atoms with Gasteiger partial charge in [0, 0.05) is 17.5 Å². The lowest BCUT2D eigenvalue weighted by atomic mass is 10.1. The van der Waals surface area contributed by atoms with Crippen molar-refractivity contribution in [3.8, 4) is 0 Å². The highest BCUT2D eigenvalue weighted by Crippen LogP contribution is 2.07. The third-order valence-electron chi connectivity index (χ3n) is 2.50. The van der Waals surface area contributed by atoms with Crippen molar-refractivity contribution in [1.82, 2.24) is 9.78 Å². The molecule has 1 aromatic heterocycles. The van der Waals surface area contributed by atoms with Crippen LogP contribution in [0.4, 0.5) is 0 Å². The highest BCUT2D eigenvalue weighted by atomic mass is 16.1. The molecule has 1 amide bonds. The summed E-state index contributed by atoms with van der Waals surface area (Å²) in [5, 5.41) is 4.19. The first-order chi connectivity index (χ1) is 7.66. The molecular weight excluding hydrogens is 202 g/mol. The van der Waals surface area contributed by atoms with Crippen LogP contribution in [0.5, 0.6) is 0 Å². The van der Waals surface area contributed by atoms with Gasteiger partial charge in [0.2, 0.25) is 5.91 Å². The lowest BCUT2D eigenvalue weighted by Crippen LogP contribution is -2.11. The number of hydrogen-bond acceptors (Lipinski definition) is 2. The first-order valence-electron chi connectivity index (χ1n) is 5.04. The molecule has 1 heterocycles. The summed E-state index contributed by atoms with van der Waals surface area (Å²) in [6.07, 6.45) is 1.77. The van der Waals surface area contributed by atoms with E-state index in [1.807, 2.05) is 29.8 Å². The standard InChI is InChI=1S/C12H13N3O/c1-9-6-7-14-15(9)8-10-2-4-11(5-3-10)12(13)16/h2-7H,8H2,1H3,(H2,13,16). The number of amides is 1. The third kappa shape index (κ3) is 2.11. The monoisotopic (exact) mass is 215 g/mol. The SMILES string of the molecule is Cc1ccnn1Cc1ccc(C(N)=O)cc1. The molecule has 1 aromatic carbocycles. The minimum Gasteiger partial charge on any atom is -0.366 e. The minimum absolute atomic E-state index is 0.401. The average molecular weight is 215 g/mol. The molecular formula is C12H13N3O. The van der Waals surface area contributed by atoms with Gasteiger partial charge in [-0.05, 0) is 30.7 Å². The van der Waals surface area contributed by atoms with E-state index in [2.05, 4.69) is 5.10 Å². The van der Waals surface area contributed by atoms with Gasteiger partial charge in [-0.1, -0.05) is 12.1 Å². The molecule has 82 valence electrons. The molecule has 0 spiro atoms. The minimum atomic E-state index is -0.401. The van der Waals surface area contributed by atoms with Crippen molar-refractivity contribution in [3.63, 3.8) is 0 Å². The molecule has 2 N–H and O–H groups in total. The van der Waals surface area contributed by atoms with E-state index < -0.39 is 5.91 Å². The van der Waals surface area contributed by atoms with Gasteiger partial charge in [-0.15, -0.1) is 0 Å². The normalized spacial score (nSPS) is 10.3. The number of benzene rings is 1. The average Bonchev–Trinajstić information content (AvgIpc) is 2.65. The Balaban J connectivity index is 2.17. The smallest absolute Gasteiger partial charge is 0.248 e. The van der Waals surface area contributed by atoms with Crippen LogP contribution >= 0.6 is 0 Å². The van der Waals surface area contributed by atoms with Crippen LogP contribution in [0.2, 0.25) is 0 Å². The maximum atomic E-state index is 10.9. The fourth-order valence-electron chi connectivity index (χ4n) is 1.51. The van der Waals surface area contributed by atoms with Gasteiger partial charge in [0.25, 0.3) is 0 Å². The van der Waals surface area contributed by atoms with Crippen molar-refractivity contribution in [2.75, 3.05) is 0 Å². The largest absolute Gasteiger partial charge is 0.366 e. The summed E-state index contributed by atoms with van der Waals surface area (Å²) >= 11 is 0. The van der Waals surface area contributed by atoms with Crippen molar-refractivity contribution >= 4 is 5.91 Å². The number of hydrogen-bond donors (Lipinski definition) is 1. The zero-order chi connectivity index (χ0) is 11.5. The van der Waals surface area contributed by atoms with E-state index in [0.717, 1.165) is 11.3 Å². The molecule has 0 aliphatic carbocycles. The van der Waals surface area contributed by atoms with Gasteiger partial charge >= 0.3 is 0 Å². The number of primary amides is 1. The first kappa shape index (κ1) is 10.4. The van der Waals surface area contributed by atoms with Crippen LogP contribution in [0.1, 0.15) is 21.6 Å². The van der Waals surface area contributed by atoms with Gasteiger partial charge in [0.1, 0.15) is 0 Å². The molecule has 0 aliphatic rings. The van der Waals surface area contributed by atoms with Crippen LogP contribution in [0.3, 0.4) is 0 Å². The summed E-state index contributed by atoms with van der Waals surface area (Å²) in [4.78, 5) is 10.9. The molecule has 0 unspecified atom stereocenters. The fraction of sp³-hybridized carbons (Fsp3) is 0.167. The van der Waals surface area contributed by atoms with Crippen molar-refractivity contribution in [3.05, 3.63) is 53.3 Å². The van der Waals surface area contributed by atoms with Gasteiger partial charge in [-0.2, -0.15) is 5.10 Å². The van der Waals surface area contributed by atoms with Crippen LogP contribution in [-0.2, 0) is 6.54 Å². The molecule has 0 bridgehead atoms. The van der Waals surface area contributed by atoms with E-state index in [0.29, 0.717) is 12.1 Å². The Hall–Kier alpha value is -2.10. The van der Waals surface area contributed by atoms with E-state index in [-0.39, 0.29) is 0 Å². The van der Waals surface area contributed by atoms with Crippen LogP contribution in [0.15, 0.2) is 36.5 Å². The van der Waals surface area contributed by atoms with Gasteiger partial charge in [0.05, 0.1) is 6.54 Å². The topological polar surface area (TPSA) is 60.9 Å². The number of carbonyl (C=O) groups excluding carboxylic acids is 1. The molecule has 0 fully saturated rings. The number of aryl methyl sites for hydroxylation is 1. The number of aromatic nitrogens is 2. The molecule has 2 aromatic rings. The van der Waals surface area contributed by atoms with Gasteiger partial charge in [-0.3, -0.25) is 9.48 Å². The van der Waals surface area contributed by atoms with Crippen LogP contribution in [0, 0.1) is 6.92 Å². The second-order valence-corrected chi connectivity index (χ2v) is 3.69. The van der Waals surface area contributed by atoms with Gasteiger partial charge in [-0.25, -0.2) is 0 Å². The van der Waals surface area contributed by atoms with Crippen molar-refractivity contribution < 1.29 is 4.79 Å². The Morgan fingerprint density at radius 2 is 2.00 bits per heavy atom. The Morgan fingerprint density at radius 1 is 1.31 bits per heavy atom. The molecule has 16 heavy (non-hydrogen) atoms. The number of rotatable bonds is 3. The maximum absolute atomic E-state index is 10.9. The Labute approximate surface area is 93.7 Å². The maximum Gasteiger partial charge on any atom is 0.248 e. The Morgan fingerprint density at radius 3 is 2.50 bits per heavy atom. The summed E-state index contributed by atoms with van der Waals surface area (Å²) in [6.45, 7) is 2.71. The Bertz CT molecular complexity index is 499. The lowest BCUT2D eigenvalue weighted by molar-refractivity contribution is 0.100. The lowest BCUT2D eigenvalue weighted by Gasteiger charge is -2.05. The van der Waals surface area contributed by atoms with Crippen LogP contribution in [-0.4, -0.2) is 15.7 Å². The molecule has 4 nitrogen and oxygen atoms in total. The van der Waals surface area contributed by atoms with Crippen molar-refractivity contribution in [1.29, 1.82) is 0 Å². The first-order valence-corrected chi connectivity index (χ1v) is 5.04. The van der Waals surface area contributed by atoms with Crippen LogP contribution < -0.4 is 5.73 Å². The second-order valence-electron chi connectivity index (χ2n) is 3.69. The molecule has 0 saturated heterocycles. The Kier molecular flexibility index (Phi) is 2.72. The van der Waals surface area contributed by atoms with Gasteiger partial charge < -0.3 is 5.73 Å². The quantitative estimate of drug-likeness (QED) is 0.839. The molecule has 0 saturated carbocycles. The molecule has 0 aliphatic heterocycles. The zero-order valence-corrected chi connectivity index (χ0v) is 9.05. The predicted molar refractivity (Wildman–Crippen MR) is 61.0 cm³/mol. The summed E-state index contributed by atoms with van der Waals surface area (Å²) in [5.74, 6) is -0.401. The molecule has 2 rings (SSSR count). The van der Waals surface area contributed by atoms with Gasteiger partial charge in [0.15, 0.2) is 0 Å². The highest BCUT2D eigenvalue weighted by molar-refractivity contribution is 5.92. The predicted octanol–water partition coefficient (Wildman–Crippen LogP) is 1.34. The fourth-order valence-corrected chi connectivity index (χ4v) is 1.51. The number of nitrogens with zero attached hydrogens (tertiary/aromatic N) is 2. The summed E-state index contributed by atoms with van der Waals surface area (Å²) in [6, 6.07) is 9.20. The van der Waals surface area contributed by atoms with Crippen LogP contribution in [0.25, 0.3) is 0 Å². The second kappa shape index (κ2) is 4.18. The van der Waals surface area contributed by atoms with E-state index in [1.54, 1.807) is 18.3 Å². The summed E-state index contributed by atoms with van der Waals surface area (Å²) in [5.41, 5.74) is 7.90. The van der Waals surface area contributed by atoms with Crippen molar-refractivity contribution in [2.24, 2.45) is 5.73 Å². The molecule has 0 radical (unpaired) electrons. The zero-order valence-electron chi connectivity index (χ0n) is 9.05. The summed E-state index contributed by atoms with van der Waals surface area (Å²) < 4.78 is 1.90. The summed E-state index contributed by atoms with van der Waals surface area (Å²) in [7, 11) is 0. The van der Waals surface area contributed by atoms with E-state index in [4.69, 9.17) is 5.73 Å². The van der Waals surface area contributed by atoms with Crippen molar-refractivity contribution in [2.45, 2.75) is 13.5 Å². The number of carbonyl (C=O) groups is 1. The molecule has 0 atom stereocenters. The van der Waals surface area contributed by atoms with E-state index in [9.17, 15) is 4.79 Å². The van der Waals surface area contributed by atoms with E-state index >= 15 is 0 Å². The highest BCUT2D eigenvalue weighted by Gasteiger charge is 2.01.